The van der Waals surface area contributed by atoms with E-state index < -0.39 is 23.7 Å². The summed E-state index contributed by atoms with van der Waals surface area (Å²) in [6.07, 6.45) is -0.191. The molecule has 10 heteroatoms. The molecule has 0 aliphatic heterocycles. The maximum absolute atomic E-state index is 13.5. The Morgan fingerprint density at radius 2 is 1.70 bits per heavy atom. The zero-order chi connectivity index (χ0) is 19.2. The van der Waals surface area contributed by atoms with E-state index in [-0.39, 0.29) is 16.9 Å². The molecule has 3 aromatic rings. The lowest BCUT2D eigenvalue weighted by atomic mass is 9.92. The van der Waals surface area contributed by atoms with E-state index in [1.807, 2.05) is 0 Å². The molecule has 0 atom stereocenters. The molecule has 0 radical (unpaired) electrons. The zero-order valence-corrected chi connectivity index (χ0v) is 13.6. The average molecular weight is 382 g/mol. The molecule has 2 heterocycles. The predicted octanol–water partition coefficient (Wildman–Crippen LogP) is 4.10. The summed E-state index contributed by atoms with van der Waals surface area (Å²) in [5, 5.41) is 6.29. The van der Waals surface area contributed by atoms with Crippen molar-refractivity contribution >= 4 is 0 Å². The lowest BCUT2D eigenvalue weighted by Gasteiger charge is -2.15. The van der Waals surface area contributed by atoms with Gasteiger partial charge in [0.15, 0.2) is 11.6 Å². The number of hydrogen-bond donors (Lipinski definition) is 0. The first kappa shape index (κ1) is 17.5. The van der Waals surface area contributed by atoms with Crippen LogP contribution in [-0.2, 0) is 18.0 Å². The Morgan fingerprint density at radius 1 is 1.00 bits per heavy atom. The molecule has 1 fully saturated rings. The molecular formula is C17H11F5N4O. The summed E-state index contributed by atoms with van der Waals surface area (Å²) in [4.78, 5) is 8.26. The van der Waals surface area contributed by atoms with Crippen LogP contribution in [0.3, 0.4) is 0 Å². The molecule has 0 spiro atoms. The molecule has 0 saturated heterocycles. The second kappa shape index (κ2) is 6.07. The number of rotatable bonds is 4. The van der Waals surface area contributed by atoms with Gasteiger partial charge in [-0.25, -0.2) is 18.7 Å². The molecule has 0 N–H and O–H groups in total. The highest BCUT2D eigenvalue weighted by molar-refractivity contribution is 5.49. The Hall–Kier alpha value is -2.91. The van der Waals surface area contributed by atoms with Crippen LogP contribution >= 0.6 is 0 Å². The van der Waals surface area contributed by atoms with E-state index in [0.717, 1.165) is 18.9 Å². The second-order valence-corrected chi connectivity index (χ2v) is 6.38. The Morgan fingerprint density at radius 3 is 2.26 bits per heavy atom. The smallest absolute Gasteiger partial charge is 0.413 e. The molecule has 1 saturated carbocycles. The third-order valence-electron chi connectivity index (χ3n) is 4.50. The lowest BCUT2D eigenvalue weighted by molar-refractivity contribution is -0.156. The van der Waals surface area contributed by atoms with Crippen molar-refractivity contribution in [2.24, 2.45) is 0 Å². The molecule has 0 unspecified atom stereocenters. The lowest BCUT2D eigenvalue weighted by Crippen LogP contribution is -2.13. The van der Waals surface area contributed by atoms with Gasteiger partial charge >= 0.3 is 12.1 Å². The minimum Gasteiger partial charge on any atom is -0.413 e. The molecule has 1 aliphatic rings. The Kier molecular flexibility index (Phi) is 3.93. The molecule has 0 bridgehead atoms. The van der Waals surface area contributed by atoms with Crippen molar-refractivity contribution in [3.8, 4) is 11.5 Å². The van der Waals surface area contributed by atoms with Crippen LogP contribution in [0.2, 0.25) is 0 Å². The Balaban J connectivity index is 1.53. The van der Waals surface area contributed by atoms with Gasteiger partial charge in [-0.15, -0.1) is 10.2 Å². The summed E-state index contributed by atoms with van der Waals surface area (Å²) >= 11 is 0. The van der Waals surface area contributed by atoms with Crippen molar-refractivity contribution in [2.45, 2.75) is 30.9 Å². The summed E-state index contributed by atoms with van der Waals surface area (Å²) < 4.78 is 68.7. The van der Waals surface area contributed by atoms with Crippen molar-refractivity contribution in [3.05, 3.63) is 59.5 Å². The van der Waals surface area contributed by atoms with Crippen LogP contribution in [0.25, 0.3) is 11.5 Å². The minimum absolute atomic E-state index is 0.152. The van der Waals surface area contributed by atoms with E-state index in [0.29, 0.717) is 17.8 Å². The van der Waals surface area contributed by atoms with Gasteiger partial charge in [0.25, 0.3) is 5.89 Å². The quantitative estimate of drug-likeness (QED) is 0.636. The van der Waals surface area contributed by atoms with E-state index in [4.69, 9.17) is 0 Å². The maximum Gasteiger partial charge on any atom is 0.470 e. The van der Waals surface area contributed by atoms with Gasteiger partial charge in [-0.2, -0.15) is 13.2 Å². The molecule has 27 heavy (non-hydrogen) atoms. The number of aromatic nitrogens is 4. The molecule has 5 nitrogen and oxygen atoms in total. The van der Waals surface area contributed by atoms with Crippen LogP contribution < -0.4 is 0 Å². The van der Waals surface area contributed by atoms with Crippen LogP contribution in [0.4, 0.5) is 22.0 Å². The SMILES string of the molecule is Fc1ccc(C2(Cc3ncc(-c4nnc(C(F)(F)F)o4)cn3)CC2)cc1F. The van der Waals surface area contributed by atoms with Crippen molar-refractivity contribution in [2.75, 3.05) is 0 Å². The van der Waals surface area contributed by atoms with Gasteiger partial charge in [0.2, 0.25) is 0 Å². The molecule has 1 aliphatic carbocycles. The first-order valence-electron chi connectivity index (χ1n) is 7.94. The van der Waals surface area contributed by atoms with E-state index in [9.17, 15) is 22.0 Å². The number of hydrogen-bond acceptors (Lipinski definition) is 5. The number of nitrogens with zero attached hydrogens (tertiary/aromatic N) is 4. The molecule has 0 amide bonds. The van der Waals surface area contributed by atoms with E-state index in [1.54, 1.807) is 0 Å². The van der Waals surface area contributed by atoms with Gasteiger partial charge in [-0.3, -0.25) is 0 Å². The molecular weight excluding hydrogens is 371 g/mol. The topological polar surface area (TPSA) is 64.7 Å². The third kappa shape index (κ3) is 3.38. The Labute approximate surface area is 149 Å². The summed E-state index contributed by atoms with van der Waals surface area (Å²) in [5.41, 5.74) is 0.463. The first-order chi connectivity index (χ1) is 12.8. The Bertz CT molecular complexity index is 980. The van der Waals surface area contributed by atoms with Gasteiger partial charge in [0.1, 0.15) is 5.82 Å². The summed E-state index contributed by atoms with van der Waals surface area (Å²) in [6, 6.07) is 3.80. The fourth-order valence-electron chi connectivity index (χ4n) is 2.86. The normalized spacial score (nSPS) is 15.7. The zero-order valence-electron chi connectivity index (χ0n) is 13.6. The standard InChI is InChI=1S/C17H11F5N4O/c18-11-2-1-10(5-12(11)19)16(3-4-16)6-13-23-7-9(8-24-13)14-25-26-15(27-14)17(20,21)22/h1-2,5,7-8H,3-4,6H2. The summed E-state index contributed by atoms with van der Waals surface area (Å²) in [7, 11) is 0. The molecule has 2 aromatic heterocycles. The van der Waals surface area contributed by atoms with Gasteiger partial charge < -0.3 is 4.42 Å². The molecule has 4 rings (SSSR count). The minimum atomic E-state index is -4.73. The van der Waals surface area contributed by atoms with E-state index in [2.05, 4.69) is 24.6 Å². The van der Waals surface area contributed by atoms with Gasteiger partial charge in [-0.05, 0) is 30.5 Å². The number of alkyl halides is 3. The van der Waals surface area contributed by atoms with E-state index in [1.165, 1.54) is 24.5 Å². The molecule has 140 valence electrons. The van der Waals surface area contributed by atoms with Crippen LogP contribution in [-0.4, -0.2) is 20.2 Å². The fraction of sp³-hybridized carbons (Fsp3) is 0.294. The summed E-state index contributed by atoms with van der Waals surface area (Å²) in [5.74, 6) is -3.18. The highest BCUT2D eigenvalue weighted by atomic mass is 19.4. The monoisotopic (exact) mass is 382 g/mol. The van der Waals surface area contributed by atoms with Crippen LogP contribution in [0.1, 0.15) is 30.1 Å². The maximum atomic E-state index is 13.5. The van der Waals surface area contributed by atoms with Gasteiger partial charge in [0, 0.05) is 24.2 Å². The van der Waals surface area contributed by atoms with Gasteiger partial charge in [-0.1, -0.05) is 6.07 Å². The van der Waals surface area contributed by atoms with Crippen molar-refractivity contribution in [1.82, 2.24) is 20.2 Å². The van der Waals surface area contributed by atoms with Crippen molar-refractivity contribution in [1.29, 1.82) is 0 Å². The van der Waals surface area contributed by atoms with Crippen LogP contribution in [0.15, 0.2) is 35.0 Å². The predicted molar refractivity (Wildman–Crippen MR) is 81.3 cm³/mol. The third-order valence-corrected chi connectivity index (χ3v) is 4.50. The number of halogens is 5. The van der Waals surface area contributed by atoms with E-state index >= 15 is 0 Å². The van der Waals surface area contributed by atoms with Gasteiger partial charge in [0.05, 0.1) is 5.56 Å². The van der Waals surface area contributed by atoms with Crippen molar-refractivity contribution in [3.63, 3.8) is 0 Å². The largest absolute Gasteiger partial charge is 0.470 e. The number of benzene rings is 1. The summed E-state index contributed by atoms with van der Waals surface area (Å²) in [6.45, 7) is 0. The average Bonchev–Trinajstić information content (AvgIpc) is 3.21. The molecule has 1 aromatic carbocycles. The highest BCUT2D eigenvalue weighted by Crippen LogP contribution is 2.50. The van der Waals surface area contributed by atoms with Crippen LogP contribution in [0, 0.1) is 11.6 Å². The fourth-order valence-corrected chi connectivity index (χ4v) is 2.86. The second-order valence-electron chi connectivity index (χ2n) is 6.38. The first-order valence-corrected chi connectivity index (χ1v) is 7.94. The van der Waals surface area contributed by atoms with Crippen LogP contribution in [0.5, 0.6) is 0 Å². The van der Waals surface area contributed by atoms with Crippen molar-refractivity contribution < 1.29 is 26.4 Å². The highest BCUT2D eigenvalue weighted by Gasteiger charge is 2.45.